The van der Waals surface area contributed by atoms with Crippen LogP contribution in [0.15, 0.2) is 48.5 Å². The molecule has 0 bridgehead atoms. The summed E-state index contributed by atoms with van der Waals surface area (Å²) in [6.07, 6.45) is 0.0474. The zero-order valence-corrected chi connectivity index (χ0v) is 12.9. The van der Waals surface area contributed by atoms with E-state index in [9.17, 15) is 4.79 Å². The number of hydrogen-bond donors (Lipinski definition) is 1. The predicted molar refractivity (Wildman–Crippen MR) is 86.0 cm³/mol. The lowest BCUT2D eigenvalue weighted by molar-refractivity contribution is -0.122. The molecule has 21 heavy (non-hydrogen) atoms. The van der Waals surface area contributed by atoms with Gasteiger partial charge in [-0.05, 0) is 43.2 Å². The van der Waals surface area contributed by atoms with Gasteiger partial charge in [0, 0.05) is 10.7 Å². The van der Waals surface area contributed by atoms with Crippen LogP contribution in [0.25, 0.3) is 0 Å². The number of para-hydroxylation sites is 1. The van der Waals surface area contributed by atoms with E-state index in [1.54, 1.807) is 6.07 Å². The number of halogens is 1. The maximum absolute atomic E-state index is 12.3. The Morgan fingerprint density at radius 1 is 1.19 bits per heavy atom. The molecule has 0 fully saturated rings. The SMILES string of the molecule is CC[C@H](Oc1ccccc1)C(=O)Nc1cccc(Cl)c1C. The summed E-state index contributed by atoms with van der Waals surface area (Å²) in [5.74, 6) is 0.508. The fourth-order valence-corrected chi connectivity index (χ4v) is 2.12. The quantitative estimate of drug-likeness (QED) is 0.886. The summed E-state index contributed by atoms with van der Waals surface area (Å²) in [5, 5.41) is 3.50. The van der Waals surface area contributed by atoms with Gasteiger partial charge in [-0.15, -0.1) is 0 Å². The van der Waals surface area contributed by atoms with Crippen molar-refractivity contribution in [3.63, 3.8) is 0 Å². The van der Waals surface area contributed by atoms with E-state index in [0.717, 1.165) is 5.56 Å². The average molecular weight is 304 g/mol. The Kier molecular flexibility index (Phi) is 5.23. The molecule has 0 aliphatic carbocycles. The summed E-state index contributed by atoms with van der Waals surface area (Å²) in [7, 11) is 0. The second-order valence-electron chi connectivity index (χ2n) is 4.73. The molecule has 0 spiro atoms. The highest BCUT2D eigenvalue weighted by molar-refractivity contribution is 6.31. The zero-order valence-electron chi connectivity index (χ0n) is 12.1. The average Bonchev–Trinajstić information content (AvgIpc) is 2.50. The minimum atomic E-state index is -0.536. The third kappa shape index (κ3) is 3.99. The van der Waals surface area contributed by atoms with Crippen molar-refractivity contribution in [1.29, 1.82) is 0 Å². The van der Waals surface area contributed by atoms with Gasteiger partial charge >= 0.3 is 0 Å². The zero-order chi connectivity index (χ0) is 15.2. The molecule has 0 aromatic heterocycles. The molecule has 0 radical (unpaired) electrons. The maximum Gasteiger partial charge on any atom is 0.265 e. The van der Waals surface area contributed by atoms with Crippen molar-refractivity contribution in [3.8, 4) is 5.75 Å². The highest BCUT2D eigenvalue weighted by atomic mass is 35.5. The number of ether oxygens (including phenoxy) is 1. The van der Waals surface area contributed by atoms with Gasteiger partial charge in [-0.25, -0.2) is 0 Å². The number of anilines is 1. The lowest BCUT2D eigenvalue weighted by Gasteiger charge is -2.18. The van der Waals surface area contributed by atoms with Gasteiger partial charge in [0.15, 0.2) is 6.10 Å². The Hall–Kier alpha value is -2.00. The molecule has 1 atom stereocenters. The molecule has 1 amide bonds. The third-order valence-corrected chi connectivity index (χ3v) is 3.62. The summed E-state index contributed by atoms with van der Waals surface area (Å²) in [6.45, 7) is 3.79. The predicted octanol–water partition coefficient (Wildman–Crippen LogP) is 4.44. The van der Waals surface area contributed by atoms with Crippen molar-refractivity contribution in [2.45, 2.75) is 26.4 Å². The van der Waals surface area contributed by atoms with Gasteiger partial charge in [0.05, 0.1) is 0 Å². The first kappa shape index (κ1) is 15.4. The summed E-state index contributed by atoms with van der Waals surface area (Å²) < 4.78 is 5.72. The molecule has 110 valence electrons. The van der Waals surface area contributed by atoms with E-state index in [2.05, 4.69) is 5.32 Å². The molecule has 0 unspecified atom stereocenters. The molecule has 0 saturated carbocycles. The van der Waals surface area contributed by atoms with Crippen LogP contribution in [0.4, 0.5) is 5.69 Å². The number of carbonyl (C=O) groups excluding carboxylic acids is 1. The smallest absolute Gasteiger partial charge is 0.265 e. The molecule has 1 N–H and O–H groups in total. The van der Waals surface area contributed by atoms with Crippen molar-refractivity contribution in [1.82, 2.24) is 0 Å². The van der Waals surface area contributed by atoms with Crippen LogP contribution in [0.1, 0.15) is 18.9 Å². The van der Waals surface area contributed by atoms with Crippen molar-refractivity contribution in [2.75, 3.05) is 5.32 Å². The molecular weight excluding hydrogens is 286 g/mol. The molecule has 4 heteroatoms. The Balaban J connectivity index is 2.08. The van der Waals surface area contributed by atoms with Crippen LogP contribution in [-0.4, -0.2) is 12.0 Å². The number of amides is 1. The Labute approximate surface area is 129 Å². The van der Waals surface area contributed by atoms with Gasteiger partial charge in [0.25, 0.3) is 5.91 Å². The standard InChI is InChI=1S/C17H18ClNO2/c1-3-16(21-13-8-5-4-6-9-13)17(20)19-15-11-7-10-14(18)12(15)2/h4-11,16H,3H2,1-2H3,(H,19,20)/t16-/m0/s1. The molecular formula is C17H18ClNO2. The highest BCUT2D eigenvalue weighted by Gasteiger charge is 2.19. The fraction of sp³-hybridized carbons (Fsp3) is 0.235. The largest absolute Gasteiger partial charge is 0.481 e. The van der Waals surface area contributed by atoms with Gasteiger partial charge in [0.1, 0.15) is 5.75 Å². The number of carbonyl (C=O) groups is 1. The van der Waals surface area contributed by atoms with Crippen LogP contribution < -0.4 is 10.1 Å². The van der Waals surface area contributed by atoms with Gasteiger partial charge in [-0.2, -0.15) is 0 Å². The minimum Gasteiger partial charge on any atom is -0.481 e. The lowest BCUT2D eigenvalue weighted by atomic mass is 10.2. The Morgan fingerprint density at radius 3 is 2.57 bits per heavy atom. The van der Waals surface area contributed by atoms with E-state index in [1.807, 2.05) is 56.3 Å². The minimum absolute atomic E-state index is 0.174. The van der Waals surface area contributed by atoms with Gasteiger partial charge < -0.3 is 10.1 Å². The van der Waals surface area contributed by atoms with E-state index in [0.29, 0.717) is 22.9 Å². The van der Waals surface area contributed by atoms with Crippen molar-refractivity contribution >= 4 is 23.2 Å². The summed E-state index contributed by atoms with van der Waals surface area (Å²) in [4.78, 5) is 12.3. The van der Waals surface area contributed by atoms with Crippen LogP contribution in [0.3, 0.4) is 0 Å². The highest BCUT2D eigenvalue weighted by Crippen LogP contribution is 2.23. The van der Waals surface area contributed by atoms with Crippen LogP contribution in [-0.2, 0) is 4.79 Å². The molecule has 0 aliphatic heterocycles. The topological polar surface area (TPSA) is 38.3 Å². The first-order valence-corrected chi connectivity index (χ1v) is 7.27. The molecule has 3 nitrogen and oxygen atoms in total. The van der Waals surface area contributed by atoms with Crippen LogP contribution in [0.2, 0.25) is 5.02 Å². The molecule has 2 aromatic carbocycles. The third-order valence-electron chi connectivity index (χ3n) is 3.21. The van der Waals surface area contributed by atoms with Crippen LogP contribution in [0, 0.1) is 6.92 Å². The second kappa shape index (κ2) is 7.14. The molecule has 0 heterocycles. The Bertz CT molecular complexity index is 613. The van der Waals surface area contributed by atoms with Crippen molar-refractivity contribution in [3.05, 3.63) is 59.1 Å². The first-order valence-electron chi connectivity index (χ1n) is 6.89. The van der Waals surface area contributed by atoms with Gasteiger partial charge in [-0.3, -0.25) is 4.79 Å². The van der Waals surface area contributed by atoms with E-state index < -0.39 is 6.10 Å². The Morgan fingerprint density at radius 2 is 1.90 bits per heavy atom. The molecule has 0 saturated heterocycles. The maximum atomic E-state index is 12.3. The summed E-state index contributed by atoms with van der Waals surface area (Å²) in [5.41, 5.74) is 1.56. The molecule has 2 rings (SSSR count). The lowest BCUT2D eigenvalue weighted by Crippen LogP contribution is -2.32. The van der Waals surface area contributed by atoms with Gasteiger partial charge in [0.2, 0.25) is 0 Å². The summed E-state index contributed by atoms with van der Waals surface area (Å²) in [6, 6.07) is 14.8. The monoisotopic (exact) mass is 303 g/mol. The number of rotatable bonds is 5. The van der Waals surface area contributed by atoms with E-state index in [-0.39, 0.29) is 5.91 Å². The number of nitrogens with one attached hydrogen (secondary N) is 1. The van der Waals surface area contributed by atoms with Crippen molar-refractivity contribution < 1.29 is 9.53 Å². The summed E-state index contributed by atoms with van der Waals surface area (Å²) >= 11 is 6.06. The van der Waals surface area contributed by atoms with Crippen LogP contribution in [0.5, 0.6) is 5.75 Å². The van der Waals surface area contributed by atoms with E-state index in [4.69, 9.17) is 16.3 Å². The number of hydrogen-bond acceptors (Lipinski definition) is 2. The second-order valence-corrected chi connectivity index (χ2v) is 5.14. The molecule has 0 aliphatic rings. The molecule has 2 aromatic rings. The normalized spacial score (nSPS) is 11.8. The fourth-order valence-electron chi connectivity index (χ4n) is 1.94. The van der Waals surface area contributed by atoms with Gasteiger partial charge in [-0.1, -0.05) is 42.8 Å². The van der Waals surface area contributed by atoms with Crippen molar-refractivity contribution in [2.24, 2.45) is 0 Å². The van der Waals surface area contributed by atoms with E-state index in [1.165, 1.54) is 0 Å². The first-order chi connectivity index (χ1) is 10.1. The number of benzene rings is 2. The van der Waals surface area contributed by atoms with Crippen LogP contribution >= 0.6 is 11.6 Å². The van der Waals surface area contributed by atoms with E-state index >= 15 is 0 Å².